The van der Waals surface area contributed by atoms with Gasteiger partial charge in [-0.05, 0) is 48.7 Å². The summed E-state index contributed by atoms with van der Waals surface area (Å²) in [5.74, 6) is 0.672. The number of nitrogens with zero attached hydrogens (tertiary/aromatic N) is 3. The maximum Gasteiger partial charge on any atom is 0.262 e. The molecular weight excluding hydrogens is 296 g/mol. The topological polar surface area (TPSA) is 47.9 Å². The molecule has 1 aromatic carbocycles. The van der Waals surface area contributed by atoms with Crippen LogP contribution in [0.15, 0.2) is 12.1 Å². The van der Waals surface area contributed by atoms with Gasteiger partial charge in [0.2, 0.25) is 10.4 Å². The van der Waals surface area contributed by atoms with Gasteiger partial charge in [-0.15, -0.1) is 10.2 Å². The summed E-state index contributed by atoms with van der Waals surface area (Å²) >= 11 is 17.5. The lowest BCUT2D eigenvalue weighted by Crippen LogP contribution is -1.95. The summed E-state index contributed by atoms with van der Waals surface area (Å²) in [7, 11) is 0. The smallest absolute Gasteiger partial charge is 0.262 e. The second-order valence-electron chi connectivity index (χ2n) is 3.65. The standard InChI is InChI=1S/C11H8Cl3N3O/c1-5-3-7(4-6(2)8(5)12)18-10-9(13)16-17-11(14)15-10/h3-4H,1-2H3. The fourth-order valence-corrected chi connectivity index (χ4v) is 1.76. The maximum absolute atomic E-state index is 6.07. The molecule has 0 unspecified atom stereocenters. The number of hydrogen-bond donors (Lipinski definition) is 0. The van der Waals surface area contributed by atoms with Crippen molar-refractivity contribution in [1.29, 1.82) is 0 Å². The molecule has 0 aliphatic rings. The lowest BCUT2D eigenvalue weighted by atomic mass is 10.1. The Morgan fingerprint density at radius 1 is 1.00 bits per heavy atom. The molecule has 18 heavy (non-hydrogen) atoms. The van der Waals surface area contributed by atoms with Gasteiger partial charge >= 0.3 is 0 Å². The molecule has 0 spiro atoms. The molecule has 4 nitrogen and oxygen atoms in total. The fraction of sp³-hybridized carbons (Fsp3) is 0.182. The maximum atomic E-state index is 6.07. The second kappa shape index (κ2) is 5.26. The van der Waals surface area contributed by atoms with Crippen LogP contribution in [0.1, 0.15) is 11.1 Å². The summed E-state index contributed by atoms with van der Waals surface area (Å²) in [6.07, 6.45) is 0. The minimum atomic E-state index is -0.0307. The van der Waals surface area contributed by atoms with Crippen LogP contribution in [0.2, 0.25) is 15.5 Å². The number of ether oxygens (including phenoxy) is 1. The molecule has 0 radical (unpaired) electrons. The van der Waals surface area contributed by atoms with Gasteiger partial charge in [-0.3, -0.25) is 0 Å². The second-order valence-corrected chi connectivity index (χ2v) is 4.72. The van der Waals surface area contributed by atoms with E-state index in [4.69, 9.17) is 39.5 Å². The van der Waals surface area contributed by atoms with E-state index in [-0.39, 0.29) is 16.3 Å². The van der Waals surface area contributed by atoms with Crippen molar-refractivity contribution >= 4 is 34.8 Å². The molecule has 0 bridgehead atoms. The van der Waals surface area contributed by atoms with Crippen molar-refractivity contribution < 1.29 is 4.74 Å². The van der Waals surface area contributed by atoms with E-state index in [1.54, 1.807) is 12.1 Å². The van der Waals surface area contributed by atoms with E-state index in [0.29, 0.717) is 10.8 Å². The minimum Gasteiger partial charge on any atom is -0.436 e. The van der Waals surface area contributed by atoms with Crippen molar-refractivity contribution in [1.82, 2.24) is 15.2 Å². The Kier molecular flexibility index (Phi) is 3.90. The highest BCUT2D eigenvalue weighted by molar-refractivity contribution is 6.32. The van der Waals surface area contributed by atoms with Crippen LogP contribution >= 0.6 is 34.8 Å². The number of hydrogen-bond acceptors (Lipinski definition) is 4. The Balaban J connectivity index is 2.37. The Bertz CT molecular complexity index is 581. The zero-order valence-corrected chi connectivity index (χ0v) is 11.8. The average molecular weight is 305 g/mol. The van der Waals surface area contributed by atoms with E-state index >= 15 is 0 Å². The van der Waals surface area contributed by atoms with Gasteiger partial charge < -0.3 is 4.74 Å². The molecule has 0 aliphatic heterocycles. The Morgan fingerprint density at radius 2 is 1.61 bits per heavy atom. The van der Waals surface area contributed by atoms with Crippen LogP contribution in [-0.4, -0.2) is 15.2 Å². The zero-order valence-electron chi connectivity index (χ0n) is 9.54. The van der Waals surface area contributed by atoms with Crippen molar-refractivity contribution in [3.05, 3.63) is 38.7 Å². The van der Waals surface area contributed by atoms with Crippen LogP contribution in [0.3, 0.4) is 0 Å². The third-order valence-electron chi connectivity index (χ3n) is 2.22. The van der Waals surface area contributed by atoms with Gasteiger partial charge in [0, 0.05) is 5.02 Å². The molecule has 1 aromatic heterocycles. The summed E-state index contributed by atoms with van der Waals surface area (Å²) in [4.78, 5) is 3.85. The Labute approximate surface area is 119 Å². The molecule has 2 rings (SSSR count). The van der Waals surface area contributed by atoms with Gasteiger partial charge in [0.05, 0.1) is 0 Å². The van der Waals surface area contributed by atoms with Crippen molar-refractivity contribution in [3.63, 3.8) is 0 Å². The van der Waals surface area contributed by atoms with Crippen LogP contribution in [0.5, 0.6) is 11.6 Å². The van der Waals surface area contributed by atoms with Crippen molar-refractivity contribution in [2.24, 2.45) is 0 Å². The highest BCUT2D eigenvalue weighted by Crippen LogP contribution is 2.30. The van der Waals surface area contributed by atoms with E-state index in [1.807, 2.05) is 13.8 Å². The molecule has 0 aliphatic carbocycles. The van der Waals surface area contributed by atoms with Crippen LogP contribution in [0, 0.1) is 13.8 Å². The largest absolute Gasteiger partial charge is 0.436 e. The van der Waals surface area contributed by atoms with Crippen LogP contribution in [-0.2, 0) is 0 Å². The predicted molar refractivity (Wildman–Crippen MR) is 70.8 cm³/mol. The number of halogens is 3. The number of aromatic nitrogens is 3. The molecule has 1 heterocycles. The van der Waals surface area contributed by atoms with Gasteiger partial charge in [0.25, 0.3) is 5.88 Å². The third kappa shape index (κ3) is 2.83. The predicted octanol–water partition coefficient (Wildman–Crippen LogP) is 4.24. The van der Waals surface area contributed by atoms with Gasteiger partial charge in [-0.1, -0.05) is 23.2 Å². The molecule has 0 fully saturated rings. The monoisotopic (exact) mass is 303 g/mol. The Hall–Kier alpha value is -1.10. The van der Waals surface area contributed by atoms with E-state index in [9.17, 15) is 0 Å². The lowest BCUT2D eigenvalue weighted by molar-refractivity contribution is 0.457. The zero-order chi connectivity index (χ0) is 13.3. The Morgan fingerprint density at radius 3 is 2.22 bits per heavy atom. The van der Waals surface area contributed by atoms with E-state index in [1.165, 1.54) is 0 Å². The molecule has 7 heteroatoms. The number of aryl methyl sites for hydroxylation is 2. The SMILES string of the molecule is Cc1cc(Oc2nc(Cl)nnc2Cl)cc(C)c1Cl. The van der Waals surface area contributed by atoms with Crippen LogP contribution in [0.25, 0.3) is 0 Å². The van der Waals surface area contributed by atoms with Gasteiger partial charge in [0.15, 0.2) is 0 Å². The summed E-state index contributed by atoms with van der Waals surface area (Å²) in [5.41, 5.74) is 1.80. The number of benzene rings is 1. The fourth-order valence-electron chi connectivity index (χ4n) is 1.42. The molecule has 0 saturated carbocycles. The quantitative estimate of drug-likeness (QED) is 0.832. The van der Waals surface area contributed by atoms with E-state index in [0.717, 1.165) is 11.1 Å². The minimum absolute atomic E-state index is 0.0307. The van der Waals surface area contributed by atoms with Gasteiger partial charge in [-0.2, -0.15) is 4.98 Å². The van der Waals surface area contributed by atoms with Gasteiger partial charge in [0.1, 0.15) is 5.75 Å². The van der Waals surface area contributed by atoms with Crippen LogP contribution in [0.4, 0.5) is 0 Å². The molecule has 0 amide bonds. The highest BCUT2D eigenvalue weighted by Gasteiger charge is 2.10. The summed E-state index contributed by atoms with van der Waals surface area (Å²) in [6, 6.07) is 3.56. The van der Waals surface area contributed by atoms with Crippen molar-refractivity contribution in [2.45, 2.75) is 13.8 Å². The highest BCUT2D eigenvalue weighted by atomic mass is 35.5. The molecule has 0 atom stereocenters. The molecule has 0 saturated heterocycles. The molecular formula is C11H8Cl3N3O. The number of rotatable bonds is 2. The molecule has 94 valence electrons. The first-order valence-corrected chi connectivity index (χ1v) is 6.11. The first kappa shape index (κ1) is 13.3. The van der Waals surface area contributed by atoms with Crippen LogP contribution < -0.4 is 4.74 Å². The van der Waals surface area contributed by atoms with Gasteiger partial charge in [-0.25, -0.2) is 0 Å². The lowest BCUT2D eigenvalue weighted by Gasteiger charge is -2.09. The van der Waals surface area contributed by atoms with Crippen molar-refractivity contribution in [3.8, 4) is 11.6 Å². The normalized spacial score (nSPS) is 10.5. The summed E-state index contributed by atoms with van der Waals surface area (Å²) < 4.78 is 5.52. The van der Waals surface area contributed by atoms with E-state index in [2.05, 4.69) is 15.2 Å². The summed E-state index contributed by atoms with van der Waals surface area (Å²) in [5, 5.41) is 7.83. The average Bonchev–Trinajstić information content (AvgIpc) is 2.31. The first-order chi connectivity index (χ1) is 8.47. The third-order valence-corrected chi connectivity index (χ3v) is 3.21. The summed E-state index contributed by atoms with van der Waals surface area (Å²) in [6.45, 7) is 3.77. The molecule has 2 aromatic rings. The van der Waals surface area contributed by atoms with E-state index < -0.39 is 0 Å². The first-order valence-electron chi connectivity index (χ1n) is 4.97. The van der Waals surface area contributed by atoms with Crippen molar-refractivity contribution in [2.75, 3.05) is 0 Å². The molecule has 0 N–H and O–H groups in total.